The number of hydrogen-bond donors (Lipinski definition) is 2. The quantitative estimate of drug-likeness (QED) is 0.601. The highest BCUT2D eigenvalue weighted by molar-refractivity contribution is 7.99. The lowest BCUT2D eigenvalue weighted by Gasteiger charge is -2.02. The molecule has 0 aliphatic heterocycles. The van der Waals surface area contributed by atoms with Crippen molar-refractivity contribution in [3.05, 3.63) is 22.4 Å². The summed E-state index contributed by atoms with van der Waals surface area (Å²) in [5.74, 6) is 0.123. The van der Waals surface area contributed by atoms with Crippen LogP contribution in [0.15, 0.2) is 15.9 Å². The number of aliphatic carboxylic acids is 1. The molecule has 0 radical (unpaired) electrons. The number of nitrogens with one attached hydrogen (secondary N) is 1. The van der Waals surface area contributed by atoms with Crippen molar-refractivity contribution in [2.75, 3.05) is 5.75 Å². The second kappa shape index (κ2) is 4.58. The van der Waals surface area contributed by atoms with Crippen LogP contribution in [0.2, 0.25) is 0 Å². The molecule has 2 N–H and O–H groups in total. The van der Waals surface area contributed by atoms with Crippen LogP contribution >= 0.6 is 11.8 Å². The van der Waals surface area contributed by atoms with Crippen molar-refractivity contribution in [2.24, 2.45) is 0 Å². The van der Waals surface area contributed by atoms with E-state index >= 15 is 0 Å². The summed E-state index contributed by atoms with van der Waals surface area (Å²) in [6.07, 6.45) is 0.0734. The fourth-order valence-corrected chi connectivity index (χ4v) is 2.26. The van der Waals surface area contributed by atoms with Gasteiger partial charge in [0, 0.05) is 11.8 Å². The number of nitrogens with zero attached hydrogens (tertiary/aromatic N) is 3. The van der Waals surface area contributed by atoms with Crippen molar-refractivity contribution in [2.45, 2.75) is 18.4 Å². The minimum atomic E-state index is -0.841. The van der Waals surface area contributed by atoms with Gasteiger partial charge in [-0.3, -0.25) is 4.79 Å². The molecule has 0 unspecified atom stereocenters. The number of aryl methyl sites for hydroxylation is 1. The molecule has 2 rings (SSSR count). The lowest BCUT2D eigenvalue weighted by molar-refractivity contribution is -0.136. The Hall–Kier alpha value is -1.83. The Morgan fingerprint density at radius 3 is 3.12 bits per heavy atom. The summed E-state index contributed by atoms with van der Waals surface area (Å²) in [5.41, 5.74) is 0.160. The normalized spacial score (nSPS) is 10.9. The van der Waals surface area contributed by atoms with Crippen molar-refractivity contribution in [3.8, 4) is 0 Å². The Balaban J connectivity index is 2.25. The van der Waals surface area contributed by atoms with E-state index < -0.39 is 5.97 Å². The number of thioether (sulfide) groups is 1. The van der Waals surface area contributed by atoms with Crippen molar-refractivity contribution in [3.63, 3.8) is 0 Å². The van der Waals surface area contributed by atoms with E-state index in [4.69, 9.17) is 5.11 Å². The zero-order valence-electron chi connectivity index (χ0n) is 9.01. The van der Waals surface area contributed by atoms with Gasteiger partial charge in [-0.2, -0.15) is 5.10 Å². The van der Waals surface area contributed by atoms with Crippen molar-refractivity contribution >= 4 is 23.4 Å². The van der Waals surface area contributed by atoms with Gasteiger partial charge >= 0.3 is 11.7 Å². The van der Waals surface area contributed by atoms with E-state index in [9.17, 15) is 9.59 Å². The van der Waals surface area contributed by atoms with Gasteiger partial charge < -0.3 is 5.11 Å². The molecule has 0 amide bonds. The van der Waals surface area contributed by atoms with E-state index in [1.165, 1.54) is 16.2 Å². The average molecular weight is 254 g/mol. The van der Waals surface area contributed by atoms with Crippen LogP contribution in [-0.4, -0.2) is 36.4 Å². The predicted molar refractivity (Wildman–Crippen MR) is 61.3 cm³/mol. The molecule has 0 bridgehead atoms. The van der Waals surface area contributed by atoms with Crippen LogP contribution in [-0.2, 0) is 4.79 Å². The van der Waals surface area contributed by atoms with E-state index in [-0.39, 0.29) is 12.1 Å². The highest BCUT2D eigenvalue weighted by atomic mass is 32.2. The van der Waals surface area contributed by atoms with E-state index in [0.717, 1.165) is 0 Å². The van der Waals surface area contributed by atoms with Crippen LogP contribution in [0.5, 0.6) is 0 Å². The van der Waals surface area contributed by atoms with Gasteiger partial charge in [-0.1, -0.05) is 0 Å². The van der Waals surface area contributed by atoms with Crippen LogP contribution in [0.3, 0.4) is 0 Å². The maximum absolute atomic E-state index is 11.3. The lowest BCUT2D eigenvalue weighted by Crippen LogP contribution is -2.13. The van der Waals surface area contributed by atoms with Crippen LogP contribution < -0.4 is 5.69 Å². The Labute approximate surface area is 99.9 Å². The van der Waals surface area contributed by atoms with Gasteiger partial charge in [0.1, 0.15) is 10.9 Å². The summed E-state index contributed by atoms with van der Waals surface area (Å²) < 4.78 is 1.36. The molecule has 0 aromatic carbocycles. The van der Waals surface area contributed by atoms with Crippen LogP contribution in [0.25, 0.3) is 5.65 Å². The summed E-state index contributed by atoms with van der Waals surface area (Å²) in [4.78, 5) is 25.9. The molecule has 7 nitrogen and oxygen atoms in total. The largest absolute Gasteiger partial charge is 0.481 e. The minimum Gasteiger partial charge on any atom is -0.481 e. The molecule has 2 aromatic heterocycles. The molecule has 2 heterocycles. The third-order valence-corrected chi connectivity index (χ3v) is 3.03. The number of carbonyl (C=O) groups is 1. The zero-order valence-corrected chi connectivity index (χ0v) is 9.82. The van der Waals surface area contributed by atoms with Crippen molar-refractivity contribution in [1.82, 2.24) is 19.6 Å². The van der Waals surface area contributed by atoms with Crippen LogP contribution in [0.1, 0.15) is 12.2 Å². The van der Waals surface area contributed by atoms with Gasteiger partial charge in [0.25, 0.3) is 0 Å². The molecule has 0 atom stereocenters. The highest BCUT2D eigenvalue weighted by Gasteiger charge is 2.07. The molecule has 0 fully saturated rings. The maximum Gasteiger partial charge on any atom is 0.349 e. The first kappa shape index (κ1) is 11.6. The van der Waals surface area contributed by atoms with E-state index in [0.29, 0.717) is 22.3 Å². The van der Waals surface area contributed by atoms with Crippen molar-refractivity contribution in [1.29, 1.82) is 0 Å². The van der Waals surface area contributed by atoms with Gasteiger partial charge in [-0.25, -0.2) is 19.3 Å². The van der Waals surface area contributed by atoms with Crippen LogP contribution in [0.4, 0.5) is 0 Å². The van der Waals surface area contributed by atoms with Crippen molar-refractivity contribution < 1.29 is 9.90 Å². The molecule has 0 saturated heterocycles. The first-order valence-corrected chi connectivity index (χ1v) is 5.86. The number of carboxylic acid groups (broad SMARTS) is 1. The standard InChI is InChI=1S/C9H10N4O3S/c1-5-10-7(17-3-2-8(14)15)4-6-11-12-9(16)13(5)6/h4H,2-3H2,1H3,(H,12,16)(H,14,15). The summed E-state index contributed by atoms with van der Waals surface area (Å²) >= 11 is 1.33. The monoisotopic (exact) mass is 254 g/mol. The van der Waals surface area contributed by atoms with Gasteiger partial charge in [0.05, 0.1) is 6.42 Å². The van der Waals surface area contributed by atoms with Crippen LogP contribution in [0, 0.1) is 6.92 Å². The number of aromatic nitrogens is 4. The maximum atomic E-state index is 11.3. The molecule has 0 aliphatic carbocycles. The number of carboxylic acids is 1. The number of rotatable bonds is 4. The fraction of sp³-hybridized carbons (Fsp3) is 0.333. The Morgan fingerprint density at radius 2 is 2.41 bits per heavy atom. The van der Waals surface area contributed by atoms with E-state index in [1.54, 1.807) is 13.0 Å². The molecule has 17 heavy (non-hydrogen) atoms. The van der Waals surface area contributed by atoms with Gasteiger partial charge in [0.15, 0.2) is 5.65 Å². The molecular formula is C9H10N4O3S. The third kappa shape index (κ3) is 2.47. The fourth-order valence-electron chi connectivity index (χ4n) is 1.39. The Morgan fingerprint density at radius 1 is 1.65 bits per heavy atom. The van der Waals surface area contributed by atoms with E-state index in [2.05, 4.69) is 15.2 Å². The van der Waals surface area contributed by atoms with Gasteiger partial charge in [0.2, 0.25) is 0 Å². The van der Waals surface area contributed by atoms with Gasteiger partial charge in [-0.15, -0.1) is 11.8 Å². The predicted octanol–water partition coefficient (Wildman–Crippen LogP) is 0.293. The average Bonchev–Trinajstić information content (AvgIpc) is 2.60. The minimum absolute atomic E-state index is 0.0734. The lowest BCUT2D eigenvalue weighted by atomic mass is 10.5. The first-order valence-electron chi connectivity index (χ1n) is 4.87. The molecule has 8 heteroatoms. The third-order valence-electron chi connectivity index (χ3n) is 2.11. The second-order valence-corrected chi connectivity index (χ2v) is 4.47. The number of aromatic amines is 1. The number of fused-ring (bicyclic) bond motifs is 1. The molecule has 0 saturated carbocycles. The summed E-state index contributed by atoms with van der Waals surface area (Å²) in [6.45, 7) is 1.70. The van der Waals surface area contributed by atoms with Gasteiger partial charge in [-0.05, 0) is 6.92 Å². The molecule has 0 aliphatic rings. The molecule has 0 spiro atoms. The summed E-state index contributed by atoms with van der Waals surface area (Å²) in [5, 5.41) is 15.4. The smallest absolute Gasteiger partial charge is 0.349 e. The second-order valence-electron chi connectivity index (χ2n) is 3.36. The first-order chi connectivity index (χ1) is 8.08. The van der Waals surface area contributed by atoms with E-state index in [1.807, 2.05) is 0 Å². The number of H-pyrrole nitrogens is 1. The Kier molecular flexibility index (Phi) is 3.14. The number of hydrogen-bond acceptors (Lipinski definition) is 5. The summed E-state index contributed by atoms with van der Waals surface area (Å²) in [7, 11) is 0. The molecule has 90 valence electrons. The topological polar surface area (TPSA) is 100 Å². The molecule has 2 aromatic rings. The zero-order chi connectivity index (χ0) is 12.4. The molecular weight excluding hydrogens is 244 g/mol. The Bertz CT molecular complexity index is 618. The highest BCUT2D eigenvalue weighted by Crippen LogP contribution is 2.17. The summed E-state index contributed by atoms with van der Waals surface area (Å²) in [6, 6.07) is 1.65. The SMILES string of the molecule is Cc1nc(SCCC(=O)O)cc2n[nH]c(=O)n12.